The van der Waals surface area contributed by atoms with Crippen LogP contribution in [0.5, 0.6) is 0 Å². The Morgan fingerprint density at radius 3 is 2.67 bits per heavy atom. The van der Waals surface area contributed by atoms with Crippen LogP contribution >= 0.6 is 0 Å². The molecule has 0 aliphatic heterocycles. The molecule has 0 aliphatic carbocycles. The maximum atomic E-state index is 12.9. The van der Waals surface area contributed by atoms with Crippen molar-refractivity contribution in [3.05, 3.63) is 29.6 Å². The molecule has 0 aromatic heterocycles. The first kappa shape index (κ1) is 8.52. The fraction of sp³-hybridized carbons (Fsp3) is 0.125. The quantitative estimate of drug-likeness (QED) is 0.687. The van der Waals surface area contributed by atoms with E-state index in [0.29, 0.717) is 0 Å². The Morgan fingerprint density at radius 1 is 1.58 bits per heavy atom. The molecule has 64 valence electrons. The number of hydrogen-bond donors (Lipinski definition) is 1. The van der Waals surface area contributed by atoms with Crippen LogP contribution < -0.4 is 10.4 Å². The van der Waals surface area contributed by atoms with Gasteiger partial charge in [-0.25, -0.2) is 4.39 Å². The second kappa shape index (κ2) is 3.21. The fourth-order valence-corrected chi connectivity index (χ4v) is 0.845. The predicted molar refractivity (Wildman–Crippen MR) is 40.3 cm³/mol. The monoisotopic (exact) mass is 168 g/mol. The summed E-state index contributed by atoms with van der Waals surface area (Å²) < 4.78 is 12.9. The van der Waals surface area contributed by atoms with E-state index in [9.17, 15) is 14.3 Å². The lowest BCUT2D eigenvalue weighted by molar-refractivity contribution is -0.255. The minimum absolute atomic E-state index is 0.161. The third-order valence-corrected chi connectivity index (χ3v) is 1.47. The zero-order valence-corrected chi connectivity index (χ0v) is 6.43. The number of hydrogen-bond acceptors (Lipinski definition) is 3. The molecule has 0 amide bonds. The van der Waals surface area contributed by atoms with E-state index in [4.69, 9.17) is 0 Å². The zero-order valence-electron chi connectivity index (χ0n) is 6.43. The Balaban J connectivity index is 3.10. The van der Waals surface area contributed by atoms with E-state index >= 15 is 0 Å². The second-order valence-electron chi connectivity index (χ2n) is 2.23. The lowest BCUT2D eigenvalue weighted by Gasteiger charge is -2.05. The van der Waals surface area contributed by atoms with E-state index in [1.54, 1.807) is 7.05 Å². The molecule has 0 radical (unpaired) electrons. The van der Waals surface area contributed by atoms with Crippen molar-refractivity contribution in [3.63, 3.8) is 0 Å². The number of halogens is 1. The summed E-state index contributed by atoms with van der Waals surface area (Å²) in [5, 5.41) is 12.8. The first-order valence-electron chi connectivity index (χ1n) is 3.34. The molecule has 0 spiro atoms. The number of anilines is 1. The summed E-state index contributed by atoms with van der Waals surface area (Å²) in [6.45, 7) is 0. The van der Waals surface area contributed by atoms with Gasteiger partial charge in [0.25, 0.3) is 0 Å². The summed E-state index contributed by atoms with van der Waals surface area (Å²) in [6, 6.07) is 3.55. The standard InChI is InChI=1S/C8H8FNO2/c1-10-7-3-2-5(8(11)12)4-6(7)9/h2-4,10H,1H3,(H,11,12)/p-1. The molecule has 0 atom stereocenters. The van der Waals surface area contributed by atoms with Crippen LogP contribution in [0.2, 0.25) is 0 Å². The number of carbonyl (C=O) groups excluding carboxylic acids is 1. The van der Waals surface area contributed by atoms with E-state index in [1.165, 1.54) is 12.1 Å². The van der Waals surface area contributed by atoms with Crippen molar-refractivity contribution < 1.29 is 14.3 Å². The van der Waals surface area contributed by atoms with Crippen molar-refractivity contribution in [1.29, 1.82) is 0 Å². The maximum absolute atomic E-state index is 12.9. The van der Waals surface area contributed by atoms with Crippen LogP contribution in [-0.2, 0) is 0 Å². The number of rotatable bonds is 2. The van der Waals surface area contributed by atoms with Crippen LogP contribution in [0.3, 0.4) is 0 Å². The molecule has 0 saturated carbocycles. The number of aromatic carboxylic acids is 1. The summed E-state index contributed by atoms with van der Waals surface area (Å²) in [4.78, 5) is 10.3. The highest BCUT2D eigenvalue weighted by Crippen LogP contribution is 2.14. The number of carbonyl (C=O) groups is 1. The van der Waals surface area contributed by atoms with Gasteiger partial charge in [0.1, 0.15) is 5.82 Å². The number of nitrogens with one attached hydrogen (secondary N) is 1. The Morgan fingerprint density at radius 2 is 2.25 bits per heavy atom. The predicted octanol–water partition coefficient (Wildman–Crippen LogP) is 0.231. The molecular formula is C8H7FNO2-. The van der Waals surface area contributed by atoms with Crippen molar-refractivity contribution in [3.8, 4) is 0 Å². The topological polar surface area (TPSA) is 52.2 Å². The van der Waals surface area contributed by atoms with E-state index < -0.39 is 11.8 Å². The van der Waals surface area contributed by atoms with E-state index in [0.717, 1.165) is 6.07 Å². The van der Waals surface area contributed by atoms with Gasteiger partial charge in [-0.3, -0.25) is 0 Å². The molecule has 0 unspecified atom stereocenters. The van der Waals surface area contributed by atoms with Gasteiger partial charge in [-0.1, -0.05) is 6.07 Å². The molecule has 4 heteroatoms. The molecule has 0 bridgehead atoms. The van der Waals surface area contributed by atoms with Gasteiger partial charge in [0, 0.05) is 12.6 Å². The van der Waals surface area contributed by atoms with E-state index in [1.807, 2.05) is 0 Å². The van der Waals surface area contributed by atoms with Crippen molar-refractivity contribution >= 4 is 11.7 Å². The molecule has 0 aliphatic rings. The summed E-state index contributed by atoms with van der Waals surface area (Å²) in [7, 11) is 1.55. The number of carboxylic acids is 1. The average molecular weight is 168 g/mol. The molecule has 1 aromatic carbocycles. The van der Waals surface area contributed by atoms with Gasteiger partial charge < -0.3 is 15.2 Å². The van der Waals surface area contributed by atoms with Crippen molar-refractivity contribution in [1.82, 2.24) is 0 Å². The van der Waals surface area contributed by atoms with E-state index in [2.05, 4.69) is 5.32 Å². The van der Waals surface area contributed by atoms with Gasteiger partial charge in [-0.15, -0.1) is 0 Å². The maximum Gasteiger partial charge on any atom is 0.146 e. The summed E-state index contributed by atoms with van der Waals surface area (Å²) in [5.74, 6) is -1.98. The van der Waals surface area contributed by atoms with Crippen LogP contribution in [0.4, 0.5) is 10.1 Å². The lowest BCUT2D eigenvalue weighted by atomic mass is 10.2. The number of carboxylic acid groups (broad SMARTS) is 1. The van der Waals surface area contributed by atoms with Crippen molar-refractivity contribution in [2.75, 3.05) is 12.4 Å². The van der Waals surface area contributed by atoms with Gasteiger partial charge >= 0.3 is 0 Å². The smallest absolute Gasteiger partial charge is 0.146 e. The van der Waals surface area contributed by atoms with Crippen LogP contribution in [0.15, 0.2) is 18.2 Å². The lowest BCUT2D eigenvalue weighted by Crippen LogP contribution is -2.22. The van der Waals surface area contributed by atoms with Crippen LogP contribution in [0.25, 0.3) is 0 Å². The molecule has 0 fully saturated rings. The Kier molecular flexibility index (Phi) is 2.28. The normalized spacial score (nSPS) is 9.50. The van der Waals surface area contributed by atoms with Gasteiger partial charge in [-0.2, -0.15) is 0 Å². The molecule has 3 nitrogen and oxygen atoms in total. The van der Waals surface area contributed by atoms with E-state index in [-0.39, 0.29) is 11.3 Å². The highest BCUT2D eigenvalue weighted by atomic mass is 19.1. The minimum atomic E-state index is -1.38. The molecule has 1 N–H and O–H groups in total. The summed E-state index contributed by atoms with van der Waals surface area (Å²) in [5.41, 5.74) is 0.103. The van der Waals surface area contributed by atoms with Crippen molar-refractivity contribution in [2.24, 2.45) is 0 Å². The third kappa shape index (κ3) is 1.53. The van der Waals surface area contributed by atoms with Crippen LogP contribution in [-0.4, -0.2) is 13.0 Å². The molecule has 1 aromatic rings. The highest BCUT2D eigenvalue weighted by molar-refractivity contribution is 5.86. The third-order valence-electron chi connectivity index (χ3n) is 1.47. The highest BCUT2D eigenvalue weighted by Gasteiger charge is 2.01. The van der Waals surface area contributed by atoms with Crippen LogP contribution in [0, 0.1) is 5.82 Å². The summed E-state index contributed by atoms with van der Waals surface area (Å²) in [6.07, 6.45) is 0. The molecule has 0 saturated heterocycles. The average Bonchev–Trinajstić information content (AvgIpc) is 2.04. The molecular weight excluding hydrogens is 161 g/mol. The van der Waals surface area contributed by atoms with Gasteiger partial charge in [-0.05, 0) is 12.1 Å². The van der Waals surface area contributed by atoms with Gasteiger partial charge in [0.15, 0.2) is 0 Å². The minimum Gasteiger partial charge on any atom is -0.545 e. The van der Waals surface area contributed by atoms with Crippen LogP contribution in [0.1, 0.15) is 10.4 Å². The molecule has 0 heterocycles. The van der Waals surface area contributed by atoms with Gasteiger partial charge in [0.05, 0.1) is 11.7 Å². The summed E-state index contributed by atoms with van der Waals surface area (Å²) >= 11 is 0. The molecule has 1 rings (SSSR count). The SMILES string of the molecule is CNc1ccc(C(=O)[O-])cc1F. The first-order chi connectivity index (χ1) is 5.65. The Labute approximate surface area is 68.8 Å². The fourth-order valence-electron chi connectivity index (χ4n) is 0.845. The molecule has 12 heavy (non-hydrogen) atoms. The Bertz CT molecular complexity index is 312. The largest absolute Gasteiger partial charge is 0.545 e. The van der Waals surface area contributed by atoms with Gasteiger partial charge in [0.2, 0.25) is 0 Å². The number of benzene rings is 1. The zero-order chi connectivity index (χ0) is 9.14. The first-order valence-corrected chi connectivity index (χ1v) is 3.34. The second-order valence-corrected chi connectivity index (χ2v) is 2.23. The Hall–Kier alpha value is -1.58. The van der Waals surface area contributed by atoms with Crippen molar-refractivity contribution in [2.45, 2.75) is 0 Å².